The highest BCUT2D eigenvalue weighted by Gasteiger charge is 2.27. The lowest BCUT2D eigenvalue weighted by Crippen LogP contribution is -2.37. The molecule has 1 saturated carbocycles. The van der Waals surface area contributed by atoms with Gasteiger partial charge in [0.05, 0.1) is 0 Å². The Hall–Kier alpha value is -1.39. The van der Waals surface area contributed by atoms with Gasteiger partial charge in [0.25, 0.3) is 0 Å². The van der Waals surface area contributed by atoms with Crippen molar-refractivity contribution >= 4 is 18.1 Å². The summed E-state index contributed by atoms with van der Waals surface area (Å²) >= 11 is 0. The van der Waals surface area contributed by atoms with Crippen LogP contribution in [0.3, 0.4) is 0 Å². The Morgan fingerprint density at radius 3 is 2.37 bits per heavy atom. The first kappa shape index (κ1) is 15.7. The van der Waals surface area contributed by atoms with E-state index >= 15 is 0 Å². The lowest BCUT2D eigenvalue weighted by atomic mass is 9.81. The van der Waals surface area contributed by atoms with E-state index in [1.807, 2.05) is 0 Å². The minimum absolute atomic E-state index is 0.00578. The van der Waals surface area contributed by atoms with E-state index in [1.165, 1.54) is 0 Å². The van der Waals surface area contributed by atoms with Crippen LogP contribution in [-0.2, 0) is 14.4 Å². The normalized spacial score (nSPS) is 24.5. The molecule has 0 spiro atoms. The summed E-state index contributed by atoms with van der Waals surface area (Å²) in [6.07, 6.45) is 4.59. The molecule has 1 aliphatic rings. The summed E-state index contributed by atoms with van der Waals surface area (Å²) in [7, 11) is 1.78. The number of nitrogens with zero attached hydrogens (tertiary/aromatic N) is 1. The largest absolute Gasteiger partial charge is 0.369 e. The Bertz CT molecular complexity index is 336. The van der Waals surface area contributed by atoms with Gasteiger partial charge in [-0.05, 0) is 31.6 Å². The third kappa shape index (κ3) is 4.65. The van der Waals surface area contributed by atoms with Crippen LogP contribution in [0.1, 0.15) is 39.0 Å². The monoisotopic (exact) mass is 268 g/mol. The third-order valence-corrected chi connectivity index (χ3v) is 4.03. The van der Waals surface area contributed by atoms with Crippen molar-refractivity contribution in [1.82, 2.24) is 4.90 Å². The second-order valence-corrected chi connectivity index (χ2v) is 5.64. The zero-order valence-corrected chi connectivity index (χ0v) is 11.8. The van der Waals surface area contributed by atoms with Gasteiger partial charge in [0.1, 0.15) is 6.29 Å². The smallest absolute Gasteiger partial charge is 0.225 e. The first-order valence-electron chi connectivity index (χ1n) is 6.93. The van der Waals surface area contributed by atoms with E-state index in [2.05, 4.69) is 0 Å². The molecule has 0 aromatic heterocycles. The van der Waals surface area contributed by atoms with Crippen LogP contribution in [0.2, 0.25) is 0 Å². The lowest BCUT2D eigenvalue weighted by molar-refractivity contribution is -0.135. The zero-order valence-electron chi connectivity index (χ0n) is 11.8. The van der Waals surface area contributed by atoms with Crippen LogP contribution in [0.15, 0.2) is 0 Å². The Balaban J connectivity index is 2.37. The molecule has 5 nitrogen and oxygen atoms in total. The zero-order chi connectivity index (χ0) is 14.4. The molecule has 0 aromatic carbocycles. The molecule has 1 atom stereocenters. The molecular weight excluding hydrogens is 244 g/mol. The Kier molecular flexibility index (Phi) is 5.99. The summed E-state index contributed by atoms with van der Waals surface area (Å²) in [4.78, 5) is 35.2. The number of hydrogen-bond donors (Lipinski definition) is 1. The highest BCUT2D eigenvalue weighted by Crippen LogP contribution is 2.29. The first-order chi connectivity index (χ1) is 8.95. The van der Waals surface area contributed by atoms with E-state index in [9.17, 15) is 14.4 Å². The van der Waals surface area contributed by atoms with Crippen LogP contribution in [0, 0.1) is 17.8 Å². The molecule has 1 unspecified atom stereocenters. The molecule has 0 aliphatic heterocycles. The first-order valence-corrected chi connectivity index (χ1v) is 6.93. The molecule has 2 N–H and O–H groups in total. The van der Waals surface area contributed by atoms with Crippen molar-refractivity contribution in [3.8, 4) is 0 Å². The molecular formula is C14H24N2O3. The predicted octanol–water partition coefficient (Wildman–Crippen LogP) is 0.962. The summed E-state index contributed by atoms with van der Waals surface area (Å²) in [5.74, 6) is 0.00953. The minimum Gasteiger partial charge on any atom is -0.369 e. The molecule has 19 heavy (non-hydrogen) atoms. The molecule has 1 rings (SSSR count). The number of hydrogen-bond acceptors (Lipinski definition) is 3. The fourth-order valence-electron chi connectivity index (χ4n) is 2.73. The van der Waals surface area contributed by atoms with E-state index in [0.717, 1.165) is 32.0 Å². The van der Waals surface area contributed by atoms with Gasteiger partial charge >= 0.3 is 0 Å². The second-order valence-electron chi connectivity index (χ2n) is 5.64. The Morgan fingerprint density at radius 2 is 1.89 bits per heavy atom. The number of aldehydes is 1. The van der Waals surface area contributed by atoms with Crippen LogP contribution in [-0.4, -0.2) is 36.6 Å². The van der Waals surface area contributed by atoms with Gasteiger partial charge in [0.15, 0.2) is 0 Å². The standard InChI is InChI=1S/C14H24N2O3/c1-10(7-8-17)14(19)16(2)9-11-3-5-12(6-4-11)13(15)18/h8,10-12H,3-7,9H2,1-2H3,(H2,15,18). The van der Waals surface area contributed by atoms with Crippen molar-refractivity contribution in [1.29, 1.82) is 0 Å². The van der Waals surface area contributed by atoms with Crippen LogP contribution in [0.4, 0.5) is 0 Å². The van der Waals surface area contributed by atoms with Gasteiger partial charge in [-0.2, -0.15) is 0 Å². The van der Waals surface area contributed by atoms with Crippen molar-refractivity contribution in [3.05, 3.63) is 0 Å². The van der Waals surface area contributed by atoms with Gasteiger partial charge in [-0.25, -0.2) is 0 Å². The van der Waals surface area contributed by atoms with Crippen molar-refractivity contribution in [2.75, 3.05) is 13.6 Å². The molecule has 0 radical (unpaired) electrons. The topological polar surface area (TPSA) is 80.5 Å². The van der Waals surface area contributed by atoms with Crippen molar-refractivity contribution < 1.29 is 14.4 Å². The van der Waals surface area contributed by atoms with Gasteiger partial charge < -0.3 is 15.4 Å². The molecule has 1 fully saturated rings. The number of rotatable bonds is 6. The van der Waals surface area contributed by atoms with Crippen LogP contribution >= 0.6 is 0 Å². The summed E-state index contributed by atoms with van der Waals surface area (Å²) < 4.78 is 0. The molecule has 0 saturated heterocycles. The maximum atomic E-state index is 12.0. The number of amides is 2. The summed E-state index contributed by atoms with van der Waals surface area (Å²) in [6.45, 7) is 2.48. The van der Waals surface area contributed by atoms with Gasteiger partial charge in [-0.1, -0.05) is 6.92 Å². The molecule has 0 heterocycles. The summed E-state index contributed by atoms with van der Waals surface area (Å²) in [5, 5.41) is 0. The van der Waals surface area contributed by atoms with Crippen molar-refractivity contribution in [3.63, 3.8) is 0 Å². The lowest BCUT2D eigenvalue weighted by Gasteiger charge is -2.30. The summed E-state index contributed by atoms with van der Waals surface area (Å²) in [6, 6.07) is 0. The highest BCUT2D eigenvalue weighted by molar-refractivity contribution is 5.80. The molecule has 2 amide bonds. The highest BCUT2D eigenvalue weighted by atomic mass is 16.2. The average Bonchev–Trinajstić information content (AvgIpc) is 2.38. The van der Waals surface area contributed by atoms with E-state index < -0.39 is 0 Å². The van der Waals surface area contributed by atoms with Crippen molar-refractivity contribution in [2.24, 2.45) is 23.5 Å². The van der Waals surface area contributed by atoms with Crippen LogP contribution in [0.5, 0.6) is 0 Å². The molecule has 0 bridgehead atoms. The van der Waals surface area contributed by atoms with E-state index in [1.54, 1.807) is 18.9 Å². The molecule has 1 aliphatic carbocycles. The van der Waals surface area contributed by atoms with E-state index in [0.29, 0.717) is 12.5 Å². The Morgan fingerprint density at radius 1 is 1.32 bits per heavy atom. The van der Waals surface area contributed by atoms with Crippen LogP contribution in [0.25, 0.3) is 0 Å². The number of nitrogens with two attached hydrogens (primary N) is 1. The Labute approximate surface area is 114 Å². The number of primary amides is 1. The van der Waals surface area contributed by atoms with Crippen LogP contribution < -0.4 is 5.73 Å². The molecule has 0 aromatic rings. The number of carbonyl (C=O) groups is 3. The quantitative estimate of drug-likeness (QED) is 0.729. The SMILES string of the molecule is CC(CC=O)C(=O)N(C)CC1CCC(C(N)=O)CC1. The summed E-state index contributed by atoms with van der Waals surface area (Å²) in [5.41, 5.74) is 5.30. The molecule has 108 valence electrons. The van der Waals surface area contributed by atoms with Gasteiger partial charge in [0.2, 0.25) is 11.8 Å². The number of carbonyl (C=O) groups excluding carboxylic acids is 3. The van der Waals surface area contributed by atoms with Gasteiger partial charge in [0, 0.05) is 31.8 Å². The molecule has 5 heteroatoms. The minimum atomic E-state index is -0.246. The maximum absolute atomic E-state index is 12.0. The predicted molar refractivity (Wildman–Crippen MR) is 72.1 cm³/mol. The van der Waals surface area contributed by atoms with E-state index in [-0.39, 0.29) is 30.1 Å². The van der Waals surface area contributed by atoms with Gasteiger partial charge in [-0.3, -0.25) is 9.59 Å². The second kappa shape index (κ2) is 7.26. The maximum Gasteiger partial charge on any atom is 0.225 e. The van der Waals surface area contributed by atoms with E-state index in [4.69, 9.17) is 5.73 Å². The van der Waals surface area contributed by atoms with Crippen molar-refractivity contribution in [2.45, 2.75) is 39.0 Å². The third-order valence-electron chi connectivity index (χ3n) is 4.03. The fraction of sp³-hybridized carbons (Fsp3) is 0.786. The average molecular weight is 268 g/mol. The fourth-order valence-corrected chi connectivity index (χ4v) is 2.73. The van der Waals surface area contributed by atoms with Gasteiger partial charge in [-0.15, -0.1) is 0 Å².